The van der Waals surface area contributed by atoms with Gasteiger partial charge in [-0.3, -0.25) is 9.59 Å². The lowest BCUT2D eigenvalue weighted by atomic mass is 10.1. The van der Waals surface area contributed by atoms with Crippen molar-refractivity contribution in [2.75, 3.05) is 10.6 Å². The maximum Gasteiger partial charge on any atom is 0.267 e. The minimum atomic E-state index is -0.546. The zero-order chi connectivity index (χ0) is 21.7. The monoisotopic (exact) mass is 432 g/mol. The van der Waals surface area contributed by atoms with E-state index in [1.807, 2.05) is 49.0 Å². The molecule has 8 heteroatoms. The Labute approximate surface area is 182 Å². The molecule has 1 aromatic carbocycles. The Hall–Kier alpha value is -3.65. The number of thiophene rings is 1. The highest BCUT2D eigenvalue weighted by atomic mass is 32.1. The van der Waals surface area contributed by atoms with Crippen molar-refractivity contribution >= 4 is 44.7 Å². The van der Waals surface area contributed by atoms with Crippen LogP contribution in [0.1, 0.15) is 27.9 Å². The minimum absolute atomic E-state index is 0.215. The summed E-state index contributed by atoms with van der Waals surface area (Å²) in [4.78, 5) is 31.3. The van der Waals surface area contributed by atoms with Gasteiger partial charge >= 0.3 is 0 Å². The normalized spacial score (nSPS) is 15.3. The summed E-state index contributed by atoms with van der Waals surface area (Å²) in [6.45, 7) is 5.67. The Morgan fingerprint density at radius 2 is 2.00 bits per heavy atom. The van der Waals surface area contributed by atoms with Crippen molar-refractivity contribution in [2.24, 2.45) is 0 Å². The van der Waals surface area contributed by atoms with E-state index in [0.717, 1.165) is 27.2 Å². The Bertz CT molecular complexity index is 1340. The first-order valence-corrected chi connectivity index (χ1v) is 10.7. The van der Waals surface area contributed by atoms with E-state index in [-0.39, 0.29) is 11.8 Å². The number of aromatic nitrogens is 2. The number of amides is 2. The molecule has 1 aliphatic rings. The van der Waals surface area contributed by atoms with Gasteiger partial charge in [0, 0.05) is 29.2 Å². The number of carbonyl (C=O) groups is 2. The number of nitrogens with one attached hydrogen (secondary N) is 2. The maximum absolute atomic E-state index is 13.3. The lowest BCUT2D eigenvalue weighted by molar-refractivity contribution is -0.122. The van der Waals surface area contributed by atoms with Crippen molar-refractivity contribution in [3.63, 3.8) is 0 Å². The summed E-state index contributed by atoms with van der Waals surface area (Å²) in [5.74, 6) is 0.128. The third-order valence-corrected chi connectivity index (χ3v) is 6.27. The maximum atomic E-state index is 13.3. The fourth-order valence-electron chi connectivity index (χ4n) is 3.78. The predicted molar refractivity (Wildman–Crippen MR) is 122 cm³/mol. The van der Waals surface area contributed by atoms with Crippen LogP contribution in [0.4, 0.5) is 11.4 Å². The zero-order valence-electron chi connectivity index (χ0n) is 17.2. The van der Waals surface area contributed by atoms with E-state index in [4.69, 9.17) is 4.74 Å². The fraction of sp³-hybridized carbons (Fsp3) is 0.174. The number of carbonyl (C=O) groups excluding carboxylic acids is 2. The quantitative estimate of drug-likeness (QED) is 0.492. The first-order chi connectivity index (χ1) is 14.9. The van der Waals surface area contributed by atoms with Crippen LogP contribution in [0.3, 0.4) is 0 Å². The van der Waals surface area contributed by atoms with Gasteiger partial charge in [-0.15, -0.1) is 11.3 Å². The largest absolute Gasteiger partial charge is 0.479 e. The van der Waals surface area contributed by atoms with Crippen LogP contribution in [-0.4, -0.2) is 27.5 Å². The van der Waals surface area contributed by atoms with Gasteiger partial charge in [-0.1, -0.05) is 0 Å². The molecule has 31 heavy (non-hydrogen) atoms. The first-order valence-electron chi connectivity index (χ1n) is 9.87. The molecule has 0 aliphatic carbocycles. The van der Waals surface area contributed by atoms with Crippen LogP contribution in [0.5, 0.6) is 5.75 Å². The molecule has 7 nitrogen and oxygen atoms in total. The molecule has 2 amide bonds. The topological polar surface area (TPSA) is 85.2 Å². The summed E-state index contributed by atoms with van der Waals surface area (Å²) in [6, 6.07) is 11.1. The second-order valence-corrected chi connectivity index (χ2v) is 8.54. The molecule has 0 unspecified atom stereocenters. The summed E-state index contributed by atoms with van der Waals surface area (Å²) in [6.07, 6.45) is 3.30. The van der Waals surface area contributed by atoms with E-state index < -0.39 is 6.10 Å². The molecule has 1 atom stereocenters. The first kappa shape index (κ1) is 19.3. The van der Waals surface area contributed by atoms with Gasteiger partial charge in [0.1, 0.15) is 15.5 Å². The number of hydrogen-bond donors (Lipinski definition) is 2. The second-order valence-electron chi connectivity index (χ2n) is 7.55. The van der Waals surface area contributed by atoms with Crippen molar-refractivity contribution in [3.05, 3.63) is 64.9 Å². The summed E-state index contributed by atoms with van der Waals surface area (Å²) in [7, 11) is 0. The highest BCUT2D eigenvalue weighted by molar-refractivity contribution is 7.21. The van der Waals surface area contributed by atoms with Crippen LogP contribution in [0, 0.1) is 13.8 Å². The molecule has 4 aromatic rings. The van der Waals surface area contributed by atoms with Gasteiger partial charge in [0.25, 0.3) is 11.8 Å². The fourth-order valence-corrected chi connectivity index (χ4v) is 4.97. The van der Waals surface area contributed by atoms with E-state index in [1.165, 1.54) is 11.3 Å². The Morgan fingerprint density at radius 3 is 2.77 bits per heavy atom. The third kappa shape index (κ3) is 3.34. The molecule has 3 aromatic heterocycles. The Balaban J connectivity index is 1.55. The molecule has 0 bridgehead atoms. The van der Waals surface area contributed by atoms with E-state index >= 15 is 0 Å². The standard InChI is InChI=1S/C23H20N4O3S/c1-12-10-13(2)24-23-18(12)19(27-8-4-5-9-27)20(31-23)22(29)25-15-6-7-17-16(11-15)26-21(28)14(3)30-17/h4-11,14H,1-3H3,(H,25,29)(H,26,28)/t14-/m0/s1. The number of hydrogen-bond acceptors (Lipinski definition) is 5. The molecule has 0 spiro atoms. The molecule has 1 aliphatic heterocycles. The number of anilines is 2. The van der Waals surface area contributed by atoms with Gasteiger partial charge in [0.05, 0.1) is 11.4 Å². The van der Waals surface area contributed by atoms with Crippen molar-refractivity contribution in [1.82, 2.24) is 9.55 Å². The smallest absolute Gasteiger partial charge is 0.267 e. The van der Waals surface area contributed by atoms with Gasteiger partial charge in [-0.05, 0) is 62.7 Å². The van der Waals surface area contributed by atoms with Crippen LogP contribution in [0.15, 0.2) is 48.8 Å². The number of aryl methyl sites for hydroxylation is 2. The summed E-state index contributed by atoms with van der Waals surface area (Å²) < 4.78 is 7.53. The molecule has 0 radical (unpaired) electrons. The van der Waals surface area contributed by atoms with E-state index in [1.54, 1.807) is 25.1 Å². The third-order valence-electron chi connectivity index (χ3n) is 5.20. The molecule has 5 rings (SSSR count). The molecule has 0 fully saturated rings. The molecular formula is C23H20N4O3S. The molecule has 0 saturated heterocycles. The van der Waals surface area contributed by atoms with Gasteiger partial charge in [0.2, 0.25) is 0 Å². The number of ether oxygens (including phenoxy) is 1. The lowest BCUT2D eigenvalue weighted by Gasteiger charge is -2.23. The lowest BCUT2D eigenvalue weighted by Crippen LogP contribution is -2.34. The molecule has 4 heterocycles. The van der Waals surface area contributed by atoms with E-state index in [2.05, 4.69) is 15.6 Å². The average molecular weight is 433 g/mol. The number of nitrogens with zero attached hydrogens (tertiary/aromatic N) is 2. The molecule has 0 saturated carbocycles. The Morgan fingerprint density at radius 1 is 1.23 bits per heavy atom. The average Bonchev–Trinajstić information content (AvgIpc) is 3.36. The molecular weight excluding hydrogens is 412 g/mol. The highest BCUT2D eigenvalue weighted by Crippen LogP contribution is 2.37. The van der Waals surface area contributed by atoms with Gasteiger partial charge in [-0.25, -0.2) is 4.98 Å². The Kier molecular flexibility index (Phi) is 4.51. The van der Waals surface area contributed by atoms with Crippen molar-refractivity contribution < 1.29 is 14.3 Å². The van der Waals surface area contributed by atoms with Gasteiger partial charge < -0.3 is 19.9 Å². The van der Waals surface area contributed by atoms with Crippen LogP contribution in [0.25, 0.3) is 15.9 Å². The van der Waals surface area contributed by atoms with Crippen LogP contribution in [-0.2, 0) is 4.79 Å². The SMILES string of the molecule is Cc1cc(C)c2c(-n3cccc3)c(C(=O)Nc3ccc4c(c3)NC(=O)[C@H](C)O4)sc2n1. The van der Waals surface area contributed by atoms with Gasteiger partial charge in [0.15, 0.2) is 6.10 Å². The van der Waals surface area contributed by atoms with Crippen molar-refractivity contribution in [1.29, 1.82) is 0 Å². The predicted octanol–water partition coefficient (Wildman–Crippen LogP) is 4.68. The van der Waals surface area contributed by atoms with E-state index in [9.17, 15) is 9.59 Å². The second kappa shape index (κ2) is 7.24. The summed E-state index contributed by atoms with van der Waals surface area (Å²) in [5, 5.41) is 6.73. The van der Waals surface area contributed by atoms with Crippen molar-refractivity contribution in [2.45, 2.75) is 26.9 Å². The van der Waals surface area contributed by atoms with Gasteiger partial charge in [-0.2, -0.15) is 0 Å². The van der Waals surface area contributed by atoms with Crippen LogP contribution in [0.2, 0.25) is 0 Å². The summed E-state index contributed by atoms with van der Waals surface area (Å²) >= 11 is 1.37. The minimum Gasteiger partial charge on any atom is -0.479 e. The highest BCUT2D eigenvalue weighted by Gasteiger charge is 2.25. The van der Waals surface area contributed by atoms with Crippen LogP contribution < -0.4 is 15.4 Å². The zero-order valence-corrected chi connectivity index (χ0v) is 18.0. The number of benzene rings is 1. The summed E-state index contributed by atoms with van der Waals surface area (Å²) in [5.41, 5.74) is 3.91. The molecule has 2 N–H and O–H groups in total. The van der Waals surface area contributed by atoms with Crippen LogP contribution >= 0.6 is 11.3 Å². The molecule has 156 valence electrons. The number of rotatable bonds is 3. The number of pyridine rings is 1. The van der Waals surface area contributed by atoms with Crippen molar-refractivity contribution in [3.8, 4) is 11.4 Å². The number of fused-ring (bicyclic) bond motifs is 2. The van der Waals surface area contributed by atoms with E-state index in [0.29, 0.717) is 22.0 Å².